The van der Waals surface area contributed by atoms with Crippen LogP contribution in [0.15, 0.2) is 35.9 Å². The largest absolute Gasteiger partial charge is 0.465 e. The number of rotatable bonds is 6. The lowest BCUT2D eigenvalue weighted by Crippen LogP contribution is -2.01. The highest BCUT2D eigenvalue weighted by Crippen LogP contribution is 2.09. The summed E-state index contributed by atoms with van der Waals surface area (Å²) < 4.78 is 9.57. The van der Waals surface area contributed by atoms with Crippen molar-refractivity contribution >= 4 is 11.9 Å². The zero-order chi connectivity index (χ0) is 17.1. The van der Waals surface area contributed by atoms with Gasteiger partial charge in [-0.25, -0.2) is 9.59 Å². The Morgan fingerprint density at radius 2 is 1.87 bits per heavy atom. The number of carbonyl (C=O) groups is 2. The molecule has 0 heterocycles. The van der Waals surface area contributed by atoms with Crippen molar-refractivity contribution < 1.29 is 19.1 Å². The second-order valence-electron chi connectivity index (χ2n) is 4.84. The predicted octanol–water partition coefficient (Wildman–Crippen LogP) is 3.50. The molecule has 0 aliphatic heterocycles. The predicted molar refractivity (Wildman–Crippen MR) is 88.9 cm³/mol. The van der Waals surface area contributed by atoms with Crippen LogP contribution in [0, 0.1) is 11.8 Å². The van der Waals surface area contributed by atoms with E-state index in [9.17, 15) is 9.59 Å². The Bertz CT molecular complexity index is 615. The van der Waals surface area contributed by atoms with E-state index < -0.39 is 0 Å². The molecule has 0 aliphatic carbocycles. The molecule has 0 saturated heterocycles. The Balaban J connectivity index is 2.89. The number of carbonyl (C=O) groups excluding carboxylic acids is 2. The number of ether oxygens (including phenoxy) is 2. The molecule has 0 fully saturated rings. The van der Waals surface area contributed by atoms with Crippen LogP contribution < -0.4 is 0 Å². The van der Waals surface area contributed by atoms with E-state index >= 15 is 0 Å². The topological polar surface area (TPSA) is 52.6 Å². The van der Waals surface area contributed by atoms with E-state index in [1.807, 2.05) is 0 Å². The highest BCUT2D eigenvalue weighted by molar-refractivity contribution is 5.89. The third kappa shape index (κ3) is 6.84. The third-order valence-electron chi connectivity index (χ3n) is 3.05. The lowest BCUT2D eigenvalue weighted by atomic mass is 10.1. The molecule has 0 unspecified atom stereocenters. The van der Waals surface area contributed by atoms with Crippen molar-refractivity contribution in [3.05, 3.63) is 47.0 Å². The standard InChI is InChI=1S/C19H22O4/c1-4-6-7-16(14-18(20)23-5-2)9-8-15-10-12-17(13-11-15)19(21)22-3/h10-14H,4-7H2,1-3H3/b16-14+. The van der Waals surface area contributed by atoms with E-state index in [-0.39, 0.29) is 11.9 Å². The van der Waals surface area contributed by atoms with Gasteiger partial charge in [-0.3, -0.25) is 0 Å². The van der Waals surface area contributed by atoms with E-state index in [0.29, 0.717) is 12.2 Å². The van der Waals surface area contributed by atoms with Crippen LogP contribution in [0.25, 0.3) is 0 Å². The van der Waals surface area contributed by atoms with Gasteiger partial charge < -0.3 is 9.47 Å². The van der Waals surface area contributed by atoms with Gasteiger partial charge in [0.05, 0.1) is 19.3 Å². The second kappa shape index (κ2) is 10.2. The minimum absolute atomic E-state index is 0.346. The van der Waals surface area contributed by atoms with Crippen LogP contribution in [-0.4, -0.2) is 25.7 Å². The Labute approximate surface area is 137 Å². The van der Waals surface area contributed by atoms with E-state index in [1.165, 1.54) is 13.2 Å². The molecule has 0 aliphatic rings. The first-order chi connectivity index (χ1) is 11.1. The van der Waals surface area contributed by atoms with Gasteiger partial charge in [0.1, 0.15) is 0 Å². The van der Waals surface area contributed by atoms with Crippen molar-refractivity contribution in [3.63, 3.8) is 0 Å². The van der Waals surface area contributed by atoms with Crippen molar-refractivity contribution in [1.29, 1.82) is 0 Å². The summed E-state index contributed by atoms with van der Waals surface area (Å²) in [5.41, 5.74) is 2.00. The van der Waals surface area contributed by atoms with E-state index in [1.54, 1.807) is 31.2 Å². The van der Waals surface area contributed by atoms with Crippen LogP contribution in [0.1, 0.15) is 49.0 Å². The van der Waals surface area contributed by atoms with Crippen LogP contribution in [0.4, 0.5) is 0 Å². The molecular formula is C19H22O4. The van der Waals surface area contributed by atoms with Gasteiger partial charge in [0.2, 0.25) is 0 Å². The summed E-state index contributed by atoms with van der Waals surface area (Å²) in [7, 11) is 1.34. The molecule has 0 atom stereocenters. The molecule has 23 heavy (non-hydrogen) atoms. The molecule has 0 aromatic heterocycles. The molecule has 122 valence electrons. The Hall–Kier alpha value is -2.54. The molecule has 0 spiro atoms. The Morgan fingerprint density at radius 1 is 1.17 bits per heavy atom. The maximum atomic E-state index is 11.6. The number of unbranched alkanes of at least 4 members (excludes halogenated alkanes) is 1. The van der Waals surface area contributed by atoms with Gasteiger partial charge in [0.25, 0.3) is 0 Å². The lowest BCUT2D eigenvalue weighted by Gasteiger charge is -2.00. The van der Waals surface area contributed by atoms with Gasteiger partial charge in [-0.2, -0.15) is 0 Å². The summed E-state index contributed by atoms with van der Waals surface area (Å²) in [5, 5.41) is 0. The van der Waals surface area contributed by atoms with Gasteiger partial charge in [0.15, 0.2) is 0 Å². The minimum Gasteiger partial charge on any atom is -0.465 e. The molecule has 1 rings (SSSR count). The van der Waals surface area contributed by atoms with Crippen molar-refractivity contribution in [2.24, 2.45) is 0 Å². The molecule has 0 saturated carbocycles. The fourth-order valence-corrected chi connectivity index (χ4v) is 1.82. The van der Waals surface area contributed by atoms with Crippen molar-refractivity contribution in [2.45, 2.75) is 33.1 Å². The summed E-state index contributed by atoms with van der Waals surface area (Å²) in [6.07, 6.45) is 4.18. The zero-order valence-corrected chi connectivity index (χ0v) is 13.8. The van der Waals surface area contributed by atoms with Gasteiger partial charge in [0, 0.05) is 17.2 Å². The van der Waals surface area contributed by atoms with Crippen LogP contribution >= 0.6 is 0 Å². The fraction of sp³-hybridized carbons (Fsp3) is 0.368. The Kier molecular flexibility index (Phi) is 8.23. The monoisotopic (exact) mass is 314 g/mol. The lowest BCUT2D eigenvalue weighted by molar-refractivity contribution is -0.137. The molecule has 0 radical (unpaired) electrons. The number of allylic oxidation sites excluding steroid dienone is 1. The van der Waals surface area contributed by atoms with E-state index in [0.717, 1.165) is 30.4 Å². The first-order valence-electron chi connectivity index (χ1n) is 7.68. The van der Waals surface area contributed by atoms with Crippen LogP contribution in [0.5, 0.6) is 0 Å². The highest BCUT2D eigenvalue weighted by Gasteiger charge is 2.03. The number of methoxy groups -OCH3 is 1. The van der Waals surface area contributed by atoms with Crippen LogP contribution in [-0.2, 0) is 14.3 Å². The maximum Gasteiger partial charge on any atom is 0.337 e. The summed E-state index contributed by atoms with van der Waals surface area (Å²) in [4.78, 5) is 22.9. The average Bonchev–Trinajstić information content (AvgIpc) is 2.57. The third-order valence-corrected chi connectivity index (χ3v) is 3.05. The average molecular weight is 314 g/mol. The second-order valence-corrected chi connectivity index (χ2v) is 4.84. The number of hydrogen-bond acceptors (Lipinski definition) is 4. The summed E-state index contributed by atoms with van der Waals surface area (Å²) in [6.45, 7) is 4.20. The first-order valence-corrected chi connectivity index (χ1v) is 7.68. The molecule has 4 heteroatoms. The van der Waals surface area contributed by atoms with Crippen molar-refractivity contribution in [1.82, 2.24) is 0 Å². The molecule has 1 aromatic carbocycles. The molecule has 0 N–H and O–H groups in total. The zero-order valence-electron chi connectivity index (χ0n) is 13.8. The molecule has 4 nitrogen and oxygen atoms in total. The van der Waals surface area contributed by atoms with E-state index in [2.05, 4.69) is 23.5 Å². The quantitative estimate of drug-likeness (QED) is 0.458. The summed E-state index contributed by atoms with van der Waals surface area (Å²) >= 11 is 0. The summed E-state index contributed by atoms with van der Waals surface area (Å²) in [5.74, 6) is 5.28. The molecule has 0 bridgehead atoms. The Morgan fingerprint density at radius 3 is 2.43 bits per heavy atom. The number of hydrogen-bond donors (Lipinski definition) is 0. The molecule has 0 amide bonds. The SMILES string of the molecule is CCCC/C(C#Cc1ccc(C(=O)OC)cc1)=C\C(=O)OCC. The minimum atomic E-state index is -0.379. The van der Waals surface area contributed by atoms with E-state index in [4.69, 9.17) is 4.74 Å². The van der Waals surface area contributed by atoms with Gasteiger partial charge in [-0.1, -0.05) is 25.2 Å². The van der Waals surface area contributed by atoms with Gasteiger partial charge in [-0.15, -0.1) is 0 Å². The number of esters is 2. The highest BCUT2D eigenvalue weighted by atomic mass is 16.5. The fourth-order valence-electron chi connectivity index (χ4n) is 1.82. The molecule has 1 aromatic rings. The van der Waals surface area contributed by atoms with Gasteiger partial charge >= 0.3 is 11.9 Å². The molecular weight excluding hydrogens is 292 g/mol. The van der Waals surface area contributed by atoms with Gasteiger partial charge in [-0.05, 0) is 44.0 Å². The van der Waals surface area contributed by atoms with Crippen molar-refractivity contribution in [2.75, 3.05) is 13.7 Å². The number of benzene rings is 1. The smallest absolute Gasteiger partial charge is 0.337 e. The maximum absolute atomic E-state index is 11.6. The normalized spacial score (nSPS) is 10.5. The van der Waals surface area contributed by atoms with Crippen LogP contribution in [0.3, 0.4) is 0 Å². The van der Waals surface area contributed by atoms with Crippen LogP contribution in [0.2, 0.25) is 0 Å². The first kappa shape index (κ1) is 18.5. The summed E-state index contributed by atoms with van der Waals surface area (Å²) in [6, 6.07) is 6.83. The van der Waals surface area contributed by atoms with Crippen molar-refractivity contribution in [3.8, 4) is 11.8 Å².